The summed E-state index contributed by atoms with van der Waals surface area (Å²) in [6.07, 6.45) is 4.34. The van der Waals surface area contributed by atoms with Crippen LogP contribution in [0, 0.1) is 0 Å². The third kappa shape index (κ3) is 2.82. The van der Waals surface area contributed by atoms with Gasteiger partial charge in [-0.25, -0.2) is 0 Å². The van der Waals surface area contributed by atoms with E-state index in [0.717, 1.165) is 16.9 Å². The van der Waals surface area contributed by atoms with Crippen LogP contribution in [0.4, 0.5) is 11.4 Å². The van der Waals surface area contributed by atoms with Gasteiger partial charge in [-0.3, -0.25) is 0 Å². The van der Waals surface area contributed by atoms with Crippen LogP contribution in [0.15, 0.2) is 48.7 Å². The molecule has 0 atom stereocenters. The Morgan fingerprint density at radius 2 is 1.87 bits per heavy atom. The van der Waals surface area contributed by atoms with Gasteiger partial charge in [0.05, 0.1) is 0 Å². The third-order valence-corrected chi connectivity index (χ3v) is 4.28. The van der Waals surface area contributed by atoms with Crippen molar-refractivity contribution in [3.05, 3.63) is 59.8 Å². The lowest BCUT2D eigenvalue weighted by molar-refractivity contribution is 0.967. The summed E-state index contributed by atoms with van der Waals surface area (Å²) in [6.45, 7) is 2.14. The molecule has 3 aromatic rings. The Labute approximate surface area is 137 Å². The number of allylic oxidation sites excluding steroid dienone is 1. The first-order chi connectivity index (χ1) is 11.0. The largest absolute Gasteiger partial charge is 0.398 e. The lowest BCUT2D eigenvalue weighted by Gasteiger charge is -2.14. The normalized spacial score (nSPS) is 11.9. The Bertz CT molecular complexity index is 885. The summed E-state index contributed by atoms with van der Waals surface area (Å²) in [5, 5.41) is 1.27. The van der Waals surface area contributed by atoms with E-state index in [-0.39, 0.29) is 0 Å². The zero-order valence-corrected chi connectivity index (χ0v) is 14.2. The highest BCUT2D eigenvalue weighted by Gasteiger charge is 2.08. The van der Waals surface area contributed by atoms with E-state index in [0.29, 0.717) is 0 Å². The van der Waals surface area contributed by atoms with Crippen molar-refractivity contribution in [2.24, 2.45) is 7.05 Å². The molecule has 0 aliphatic rings. The molecule has 3 nitrogen and oxygen atoms in total. The average molecular weight is 305 g/mol. The fourth-order valence-corrected chi connectivity index (χ4v) is 2.94. The molecule has 2 aromatic carbocycles. The summed E-state index contributed by atoms with van der Waals surface area (Å²) in [6, 6.07) is 14.7. The van der Waals surface area contributed by atoms with E-state index in [1.54, 1.807) is 0 Å². The molecule has 23 heavy (non-hydrogen) atoms. The minimum Gasteiger partial charge on any atom is -0.398 e. The van der Waals surface area contributed by atoms with E-state index in [9.17, 15) is 0 Å². The molecule has 0 aliphatic heterocycles. The number of benzene rings is 2. The SMILES string of the molecule is C/C(=C\c1ccc(N(C)C)cc1N)c1cn(C)c2ccccc12. The van der Waals surface area contributed by atoms with Gasteiger partial charge in [-0.2, -0.15) is 0 Å². The van der Waals surface area contributed by atoms with Gasteiger partial charge in [0.2, 0.25) is 0 Å². The predicted octanol–water partition coefficient (Wildman–Crippen LogP) is 4.39. The third-order valence-electron chi connectivity index (χ3n) is 4.28. The van der Waals surface area contributed by atoms with Gasteiger partial charge in [-0.15, -0.1) is 0 Å². The summed E-state index contributed by atoms with van der Waals surface area (Å²) in [5.41, 5.74) is 12.9. The molecule has 0 saturated heterocycles. The fourth-order valence-electron chi connectivity index (χ4n) is 2.94. The maximum absolute atomic E-state index is 6.23. The van der Waals surface area contributed by atoms with Crippen LogP contribution in [0.3, 0.4) is 0 Å². The lowest BCUT2D eigenvalue weighted by Crippen LogP contribution is -2.09. The molecule has 0 bridgehead atoms. The number of aryl methyl sites for hydroxylation is 1. The quantitative estimate of drug-likeness (QED) is 0.728. The summed E-state index contributed by atoms with van der Waals surface area (Å²) in [4.78, 5) is 2.06. The van der Waals surface area contributed by atoms with Gasteiger partial charge in [-0.1, -0.05) is 24.3 Å². The first-order valence-corrected chi connectivity index (χ1v) is 7.77. The zero-order valence-electron chi connectivity index (χ0n) is 14.2. The van der Waals surface area contributed by atoms with Crippen LogP contribution in [-0.4, -0.2) is 18.7 Å². The molecule has 1 aromatic heterocycles. The maximum atomic E-state index is 6.23. The van der Waals surface area contributed by atoms with E-state index in [2.05, 4.69) is 72.1 Å². The minimum absolute atomic E-state index is 0.802. The van der Waals surface area contributed by atoms with Crippen molar-refractivity contribution in [2.45, 2.75) is 6.92 Å². The molecule has 0 saturated carbocycles. The molecule has 3 heteroatoms. The zero-order chi connectivity index (χ0) is 16.6. The molecular weight excluding hydrogens is 282 g/mol. The Balaban J connectivity index is 2.05. The number of aromatic nitrogens is 1. The van der Waals surface area contributed by atoms with Gasteiger partial charge < -0.3 is 15.2 Å². The van der Waals surface area contributed by atoms with Gasteiger partial charge in [-0.05, 0) is 42.3 Å². The van der Waals surface area contributed by atoms with Crippen molar-refractivity contribution in [3.8, 4) is 0 Å². The number of nitrogen functional groups attached to an aromatic ring is 1. The van der Waals surface area contributed by atoms with Crippen LogP contribution in [0.2, 0.25) is 0 Å². The van der Waals surface area contributed by atoms with Crippen molar-refractivity contribution in [3.63, 3.8) is 0 Å². The van der Waals surface area contributed by atoms with Crippen molar-refractivity contribution in [1.29, 1.82) is 0 Å². The Hall–Kier alpha value is -2.68. The van der Waals surface area contributed by atoms with Crippen molar-refractivity contribution in [1.82, 2.24) is 4.57 Å². The smallest absolute Gasteiger partial charge is 0.0484 e. The second-order valence-electron chi connectivity index (χ2n) is 6.21. The summed E-state index contributed by atoms with van der Waals surface area (Å²) < 4.78 is 2.17. The number of para-hydroxylation sites is 1. The average Bonchev–Trinajstić information content (AvgIpc) is 2.87. The van der Waals surface area contributed by atoms with Gasteiger partial charge in [0, 0.05) is 55.2 Å². The van der Waals surface area contributed by atoms with E-state index in [1.807, 2.05) is 20.2 Å². The van der Waals surface area contributed by atoms with Crippen LogP contribution >= 0.6 is 0 Å². The number of anilines is 2. The van der Waals surface area contributed by atoms with Crippen molar-refractivity contribution < 1.29 is 0 Å². The Morgan fingerprint density at radius 1 is 1.13 bits per heavy atom. The maximum Gasteiger partial charge on any atom is 0.0484 e. The van der Waals surface area contributed by atoms with Crippen LogP contribution in [-0.2, 0) is 7.05 Å². The highest BCUT2D eigenvalue weighted by Crippen LogP contribution is 2.29. The molecule has 2 N–H and O–H groups in total. The molecule has 1 heterocycles. The fraction of sp³-hybridized carbons (Fsp3) is 0.200. The topological polar surface area (TPSA) is 34.2 Å². The van der Waals surface area contributed by atoms with Crippen LogP contribution in [0.1, 0.15) is 18.1 Å². The van der Waals surface area contributed by atoms with Crippen LogP contribution in [0.5, 0.6) is 0 Å². The van der Waals surface area contributed by atoms with Crippen LogP contribution < -0.4 is 10.6 Å². The monoisotopic (exact) mass is 305 g/mol. The lowest BCUT2D eigenvalue weighted by atomic mass is 10.0. The first kappa shape index (κ1) is 15.2. The van der Waals surface area contributed by atoms with Gasteiger partial charge in [0.1, 0.15) is 0 Å². The highest BCUT2D eigenvalue weighted by atomic mass is 15.1. The second-order valence-corrected chi connectivity index (χ2v) is 6.21. The summed E-state index contributed by atoms with van der Waals surface area (Å²) in [5.74, 6) is 0. The number of nitrogens with zero attached hydrogens (tertiary/aromatic N) is 2. The number of rotatable bonds is 3. The van der Waals surface area contributed by atoms with E-state index in [1.165, 1.54) is 22.0 Å². The van der Waals surface area contributed by atoms with Gasteiger partial charge in [0.15, 0.2) is 0 Å². The molecule has 0 amide bonds. The van der Waals surface area contributed by atoms with Crippen molar-refractivity contribution >= 4 is 33.9 Å². The molecule has 0 unspecified atom stereocenters. The molecule has 0 fully saturated rings. The van der Waals surface area contributed by atoms with Crippen molar-refractivity contribution in [2.75, 3.05) is 24.7 Å². The van der Waals surface area contributed by atoms with E-state index in [4.69, 9.17) is 5.73 Å². The Kier molecular flexibility index (Phi) is 3.87. The predicted molar refractivity (Wildman–Crippen MR) is 102 cm³/mol. The molecule has 118 valence electrons. The second kappa shape index (κ2) is 5.84. The van der Waals surface area contributed by atoms with E-state index < -0.39 is 0 Å². The standard InChI is InChI=1S/C20H23N3/c1-14(11-15-9-10-16(22(2)3)12-19(15)21)18-13-23(4)20-8-6-5-7-17(18)20/h5-13H,21H2,1-4H3/b14-11+. The molecular formula is C20H23N3. The Morgan fingerprint density at radius 3 is 2.57 bits per heavy atom. The van der Waals surface area contributed by atoms with Gasteiger partial charge in [0.25, 0.3) is 0 Å². The minimum atomic E-state index is 0.802. The molecule has 0 radical (unpaired) electrons. The number of hydrogen-bond donors (Lipinski definition) is 1. The summed E-state index contributed by atoms with van der Waals surface area (Å²) in [7, 11) is 6.12. The van der Waals surface area contributed by atoms with Crippen LogP contribution in [0.25, 0.3) is 22.6 Å². The first-order valence-electron chi connectivity index (χ1n) is 7.77. The number of hydrogen-bond acceptors (Lipinski definition) is 2. The summed E-state index contributed by atoms with van der Waals surface area (Å²) >= 11 is 0. The molecule has 0 spiro atoms. The molecule has 3 rings (SSSR count). The van der Waals surface area contributed by atoms with Gasteiger partial charge >= 0.3 is 0 Å². The molecule has 0 aliphatic carbocycles. The number of fused-ring (bicyclic) bond motifs is 1. The number of nitrogens with two attached hydrogens (primary N) is 1. The highest BCUT2D eigenvalue weighted by molar-refractivity contribution is 5.97. The van der Waals surface area contributed by atoms with E-state index >= 15 is 0 Å².